The van der Waals surface area contributed by atoms with Crippen molar-refractivity contribution in [2.45, 2.75) is 11.4 Å². The number of benzene rings is 2. The first kappa shape index (κ1) is 11.0. The molecule has 0 aliphatic heterocycles. The summed E-state index contributed by atoms with van der Waals surface area (Å²) in [6, 6.07) is 18.1. The summed E-state index contributed by atoms with van der Waals surface area (Å²) in [7, 11) is 0. The van der Waals surface area contributed by atoms with Crippen LogP contribution >= 0.6 is 11.9 Å². The first-order valence-corrected chi connectivity index (χ1v) is 5.96. The third kappa shape index (κ3) is 3.02. The molecule has 2 aromatic carbocycles. The third-order valence-corrected chi connectivity index (χ3v) is 3.10. The van der Waals surface area contributed by atoms with Crippen LogP contribution in [0.15, 0.2) is 59.5 Å². The van der Waals surface area contributed by atoms with Gasteiger partial charge in [-0.15, -0.1) is 0 Å². The summed E-state index contributed by atoms with van der Waals surface area (Å²) in [6.45, 7) is 0.833. The highest BCUT2D eigenvalue weighted by Crippen LogP contribution is 2.21. The average molecular weight is 230 g/mol. The van der Waals surface area contributed by atoms with E-state index in [9.17, 15) is 0 Å². The van der Waals surface area contributed by atoms with Gasteiger partial charge < -0.3 is 5.73 Å². The molecule has 0 atom stereocenters. The van der Waals surface area contributed by atoms with Crippen LogP contribution in [0.4, 0.5) is 5.69 Å². The van der Waals surface area contributed by atoms with Crippen LogP contribution < -0.4 is 10.5 Å². The molecule has 3 N–H and O–H groups in total. The maximum atomic E-state index is 5.84. The van der Waals surface area contributed by atoms with Crippen LogP contribution in [0, 0.1) is 0 Å². The van der Waals surface area contributed by atoms with Gasteiger partial charge >= 0.3 is 0 Å². The van der Waals surface area contributed by atoms with Crippen LogP contribution in [0.25, 0.3) is 0 Å². The number of hydrogen-bond donors (Lipinski definition) is 2. The number of anilines is 1. The molecule has 0 aliphatic rings. The van der Waals surface area contributed by atoms with Gasteiger partial charge in [0.2, 0.25) is 0 Å². The standard InChI is InChI=1S/C13H14N2S/c14-12-8-4-5-9-13(12)16-15-10-11-6-2-1-3-7-11/h1-9,15H,10,14H2. The van der Waals surface area contributed by atoms with Crippen molar-refractivity contribution in [1.82, 2.24) is 4.72 Å². The van der Waals surface area contributed by atoms with Gasteiger partial charge in [-0.3, -0.25) is 4.72 Å². The highest BCUT2D eigenvalue weighted by molar-refractivity contribution is 7.97. The van der Waals surface area contributed by atoms with Crippen molar-refractivity contribution in [1.29, 1.82) is 0 Å². The molecular weight excluding hydrogens is 216 g/mol. The fourth-order valence-corrected chi connectivity index (χ4v) is 2.09. The predicted molar refractivity (Wildman–Crippen MR) is 70.0 cm³/mol. The van der Waals surface area contributed by atoms with E-state index in [0.717, 1.165) is 17.1 Å². The Morgan fingerprint density at radius 3 is 2.38 bits per heavy atom. The molecule has 0 amide bonds. The van der Waals surface area contributed by atoms with Crippen LogP contribution in [-0.4, -0.2) is 0 Å². The maximum absolute atomic E-state index is 5.84. The number of hydrogen-bond acceptors (Lipinski definition) is 3. The lowest BCUT2D eigenvalue weighted by atomic mass is 10.2. The van der Waals surface area contributed by atoms with Crippen molar-refractivity contribution >= 4 is 17.6 Å². The first-order chi connectivity index (χ1) is 7.86. The largest absolute Gasteiger partial charge is 0.398 e. The van der Waals surface area contributed by atoms with E-state index in [1.807, 2.05) is 42.5 Å². The highest BCUT2D eigenvalue weighted by atomic mass is 32.2. The van der Waals surface area contributed by atoms with Gasteiger partial charge in [-0.1, -0.05) is 42.5 Å². The van der Waals surface area contributed by atoms with Gasteiger partial charge in [0.15, 0.2) is 0 Å². The zero-order valence-corrected chi connectivity index (χ0v) is 9.71. The molecule has 82 valence electrons. The molecular formula is C13H14N2S. The Balaban J connectivity index is 1.87. The van der Waals surface area contributed by atoms with Crippen LogP contribution in [-0.2, 0) is 6.54 Å². The second-order valence-electron chi connectivity index (χ2n) is 3.45. The monoisotopic (exact) mass is 230 g/mol. The van der Waals surface area contributed by atoms with E-state index in [1.165, 1.54) is 5.56 Å². The van der Waals surface area contributed by atoms with E-state index in [-0.39, 0.29) is 0 Å². The molecule has 0 heterocycles. The average Bonchev–Trinajstić information content (AvgIpc) is 2.33. The quantitative estimate of drug-likeness (QED) is 0.626. The Bertz CT molecular complexity index is 443. The molecule has 2 rings (SSSR count). The Morgan fingerprint density at radius 2 is 1.62 bits per heavy atom. The Hall–Kier alpha value is -1.45. The van der Waals surface area contributed by atoms with Gasteiger partial charge in [-0.05, 0) is 29.6 Å². The van der Waals surface area contributed by atoms with E-state index in [4.69, 9.17) is 5.73 Å². The first-order valence-electron chi connectivity index (χ1n) is 5.14. The lowest BCUT2D eigenvalue weighted by Crippen LogP contribution is -2.03. The fraction of sp³-hybridized carbons (Fsp3) is 0.0769. The lowest BCUT2D eigenvalue weighted by molar-refractivity contribution is 0.975. The van der Waals surface area contributed by atoms with Gasteiger partial charge in [-0.2, -0.15) is 0 Å². The molecule has 0 saturated carbocycles. The van der Waals surface area contributed by atoms with Gasteiger partial charge in [0, 0.05) is 17.1 Å². The van der Waals surface area contributed by atoms with Crippen molar-refractivity contribution in [3.63, 3.8) is 0 Å². The molecule has 0 spiro atoms. The van der Waals surface area contributed by atoms with Crippen LogP contribution in [0.3, 0.4) is 0 Å². The highest BCUT2D eigenvalue weighted by Gasteiger charge is 1.97. The topological polar surface area (TPSA) is 38.0 Å². The van der Waals surface area contributed by atoms with E-state index < -0.39 is 0 Å². The maximum Gasteiger partial charge on any atom is 0.0465 e. The molecule has 3 heteroatoms. The zero-order valence-electron chi connectivity index (χ0n) is 8.89. The molecule has 2 aromatic rings. The van der Waals surface area contributed by atoms with Crippen molar-refractivity contribution < 1.29 is 0 Å². The summed E-state index contributed by atoms with van der Waals surface area (Å²) in [6.07, 6.45) is 0. The summed E-state index contributed by atoms with van der Waals surface area (Å²) in [4.78, 5) is 1.07. The van der Waals surface area contributed by atoms with Gasteiger partial charge in [0.05, 0.1) is 0 Å². The number of nitrogen functional groups attached to an aromatic ring is 1. The van der Waals surface area contributed by atoms with Crippen molar-refractivity contribution in [2.24, 2.45) is 0 Å². The summed E-state index contributed by atoms with van der Waals surface area (Å²) >= 11 is 1.57. The summed E-state index contributed by atoms with van der Waals surface area (Å²) in [5.41, 5.74) is 7.92. The molecule has 0 bridgehead atoms. The fourth-order valence-electron chi connectivity index (χ4n) is 1.37. The van der Waals surface area contributed by atoms with Crippen LogP contribution in [0.2, 0.25) is 0 Å². The molecule has 0 aliphatic carbocycles. The number of nitrogens with two attached hydrogens (primary N) is 1. The third-order valence-electron chi connectivity index (χ3n) is 2.22. The van der Waals surface area contributed by atoms with Gasteiger partial charge in [0.1, 0.15) is 0 Å². The molecule has 0 unspecified atom stereocenters. The van der Waals surface area contributed by atoms with E-state index in [2.05, 4.69) is 16.9 Å². The van der Waals surface area contributed by atoms with Gasteiger partial charge in [0.25, 0.3) is 0 Å². The molecule has 2 nitrogen and oxygen atoms in total. The number of rotatable bonds is 4. The van der Waals surface area contributed by atoms with E-state index in [0.29, 0.717) is 0 Å². The van der Waals surface area contributed by atoms with Crippen LogP contribution in [0.5, 0.6) is 0 Å². The number of para-hydroxylation sites is 1. The van der Waals surface area contributed by atoms with Crippen molar-refractivity contribution in [2.75, 3.05) is 5.73 Å². The van der Waals surface area contributed by atoms with E-state index in [1.54, 1.807) is 11.9 Å². The van der Waals surface area contributed by atoms with Crippen molar-refractivity contribution in [3.8, 4) is 0 Å². The lowest BCUT2D eigenvalue weighted by Gasteiger charge is -2.06. The summed E-state index contributed by atoms with van der Waals surface area (Å²) < 4.78 is 3.30. The minimum atomic E-state index is 0.813. The van der Waals surface area contributed by atoms with Gasteiger partial charge in [-0.25, -0.2) is 0 Å². The predicted octanol–water partition coefficient (Wildman–Crippen LogP) is 3.07. The molecule has 0 fully saturated rings. The minimum absolute atomic E-state index is 0.813. The number of nitrogens with one attached hydrogen (secondary N) is 1. The van der Waals surface area contributed by atoms with Crippen LogP contribution in [0.1, 0.15) is 5.56 Å². The normalized spacial score (nSPS) is 10.2. The summed E-state index contributed by atoms with van der Waals surface area (Å²) in [5.74, 6) is 0. The second-order valence-corrected chi connectivity index (χ2v) is 4.38. The second kappa shape index (κ2) is 5.58. The van der Waals surface area contributed by atoms with Crippen molar-refractivity contribution in [3.05, 3.63) is 60.2 Å². The minimum Gasteiger partial charge on any atom is -0.398 e. The molecule has 0 radical (unpaired) electrons. The zero-order chi connectivity index (χ0) is 11.2. The molecule has 0 saturated heterocycles. The smallest absolute Gasteiger partial charge is 0.0465 e. The van der Waals surface area contributed by atoms with E-state index >= 15 is 0 Å². The Morgan fingerprint density at radius 1 is 0.938 bits per heavy atom. The molecule has 16 heavy (non-hydrogen) atoms. The Labute approximate surface area is 100 Å². The Kier molecular flexibility index (Phi) is 3.86. The molecule has 0 aromatic heterocycles. The SMILES string of the molecule is Nc1ccccc1SNCc1ccccc1. The summed E-state index contributed by atoms with van der Waals surface area (Å²) in [5, 5.41) is 0.